The van der Waals surface area contributed by atoms with Gasteiger partial charge in [0.2, 0.25) is 0 Å². The Bertz CT molecular complexity index is 347. The maximum Gasteiger partial charge on any atom is 0.261 e. The van der Waals surface area contributed by atoms with Crippen molar-refractivity contribution in [2.24, 2.45) is 0 Å². The van der Waals surface area contributed by atoms with Crippen molar-refractivity contribution in [3.63, 3.8) is 0 Å². The number of halogens is 1. The lowest BCUT2D eigenvalue weighted by Crippen LogP contribution is -2.05. The average Bonchev–Trinajstić information content (AvgIpc) is 2.14. The summed E-state index contributed by atoms with van der Waals surface area (Å²) in [6.45, 7) is 1.70. The number of hydrogen-bond donors (Lipinski definition) is 2. The Balaban J connectivity index is 2.95. The second-order valence-electron chi connectivity index (χ2n) is 2.63. The summed E-state index contributed by atoms with van der Waals surface area (Å²) in [5.41, 5.74) is 1.14. The fraction of sp³-hybridized carbons (Fsp3) is 0.250. The second-order valence-corrected chi connectivity index (χ2v) is 4.04. The third kappa shape index (κ3) is 2.60. The van der Waals surface area contributed by atoms with Crippen molar-refractivity contribution in [3.8, 4) is 5.75 Å². The zero-order valence-electron chi connectivity index (χ0n) is 7.70. The molecule has 6 heteroatoms. The molecular weight excluding hydrogens is 226 g/mol. The number of phenols is 1. The van der Waals surface area contributed by atoms with Crippen molar-refractivity contribution in [1.82, 2.24) is 0 Å². The molecule has 0 aliphatic carbocycles. The van der Waals surface area contributed by atoms with Gasteiger partial charge >= 0.3 is 0 Å². The summed E-state index contributed by atoms with van der Waals surface area (Å²) in [6, 6.07) is 3.10. The molecule has 0 aromatic heterocycles. The van der Waals surface area contributed by atoms with Crippen molar-refractivity contribution in [3.05, 3.63) is 22.7 Å². The molecule has 0 aliphatic heterocycles. The molecule has 0 heterocycles. The summed E-state index contributed by atoms with van der Waals surface area (Å²) in [5, 5.41) is 9.56. The number of benzene rings is 1. The number of aryl methyl sites for hydroxylation is 1. The molecule has 2 N–H and O–H groups in total. The van der Waals surface area contributed by atoms with Crippen molar-refractivity contribution < 1.29 is 13.5 Å². The predicted octanol–water partition coefficient (Wildman–Crippen LogP) is 1.99. The Labute approximate surface area is 89.6 Å². The standard InChI is InChI=1S/C8H10ClNO3S/c1-5-3-6(10-14(12)13-2)4-7(9)8(5)11/h3-4,10-11H,1-2H3. The lowest BCUT2D eigenvalue weighted by molar-refractivity contribution is 0.449. The summed E-state index contributed by atoms with van der Waals surface area (Å²) < 4.78 is 18.0. The summed E-state index contributed by atoms with van der Waals surface area (Å²) in [4.78, 5) is 0. The number of anilines is 1. The Kier molecular flexibility index (Phi) is 3.74. The highest BCUT2D eigenvalue weighted by Crippen LogP contribution is 2.30. The van der Waals surface area contributed by atoms with E-state index < -0.39 is 11.3 Å². The average molecular weight is 236 g/mol. The zero-order chi connectivity index (χ0) is 10.7. The Morgan fingerprint density at radius 2 is 2.21 bits per heavy atom. The first-order valence-electron chi connectivity index (χ1n) is 3.76. The van der Waals surface area contributed by atoms with Crippen molar-refractivity contribution >= 4 is 28.6 Å². The highest BCUT2D eigenvalue weighted by atomic mass is 35.5. The summed E-state index contributed by atoms with van der Waals surface area (Å²) in [6.07, 6.45) is 0. The first-order chi connectivity index (χ1) is 6.54. The fourth-order valence-electron chi connectivity index (χ4n) is 0.933. The van der Waals surface area contributed by atoms with Crippen LogP contribution in [0.2, 0.25) is 5.02 Å². The van der Waals surface area contributed by atoms with E-state index in [1.165, 1.54) is 13.2 Å². The van der Waals surface area contributed by atoms with E-state index in [0.29, 0.717) is 11.3 Å². The van der Waals surface area contributed by atoms with Crippen LogP contribution in [-0.2, 0) is 15.4 Å². The van der Waals surface area contributed by atoms with Crippen molar-refractivity contribution in [2.75, 3.05) is 11.8 Å². The van der Waals surface area contributed by atoms with Crippen LogP contribution in [0.25, 0.3) is 0 Å². The maximum absolute atomic E-state index is 11.0. The molecule has 0 bridgehead atoms. The van der Waals surface area contributed by atoms with Crippen LogP contribution < -0.4 is 4.72 Å². The molecule has 1 unspecified atom stereocenters. The highest BCUT2D eigenvalue weighted by Gasteiger charge is 2.06. The zero-order valence-corrected chi connectivity index (χ0v) is 9.28. The first kappa shape index (κ1) is 11.3. The van der Waals surface area contributed by atoms with Gasteiger partial charge in [-0.25, -0.2) is 4.21 Å². The van der Waals surface area contributed by atoms with Crippen molar-refractivity contribution in [2.45, 2.75) is 6.92 Å². The minimum absolute atomic E-state index is 0.0282. The molecule has 14 heavy (non-hydrogen) atoms. The number of nitrogens with one attached hydrogen (secondary N) is 1. The Hall–Kier alpha value is -0.780. The minimum atomic E-state index is -1.59. The van der Waals surface area contributed by atoms with E-state index in [0.717, 1.165) is 0 Å². The SMILES string of the molecule is COS(=O)Nc1cc(C)c(O)c(Cl)c1. The van der Waals surface area contributed by atoms with Crippen molar-refractivity contribution in [1.29, 1.82) is 0 Å². The van der Waals surface area contributed by atoms with E-state index in [-0.39, 0.29) is 10.8 Å². The van der Waals surface area contributed by atoms with Crippen LogP contribution in [0.3, 0.4) is 0 Å². The molecule has 78 valence electrons. The van der Waals surface area contributed by atoms with Gasteiger partial charge in [0.05, 0.1) is 17.8 Å². The maximum atomic E-state index is 11.0. The first-order valence-corrected chi connectivity index (χ1v) is 5.22. The van der Waals surface area contributed by atoms with E-state index in [2.05, 4.69) is 8.91 Å². The fourth-order valence-corrected chi connectivity index (χ4v) is 1.59. The molecule has 4 nitrogen and oxygen atoms in total. The monoisotopic (exact) mass is 235 g/mol. The van der Waals surface area contributed by atoms with E-state index in [1.54, 1.807) is 13.0 Å². The van der Waals surface area contributed by atoms with Crippen LogP contribution in [0.5, 0.6) is 5.75 Å². The van der Waals surface area contributed by atoms with Gasteiger partial charge in [-0.05, 0) is 24.6 Å². The summed E-state index contributed by atoms with van der Waals surface area (Å²) >= 11 is 4.12. The Morgan fingerprint density at radius 1 is 1.57 bits per heavy atom. The molecule has 1 atom stereocenters. The van der Waals surface area contributed by atoms with Gasteiger partial charge in [-0.1, -0.05) is 11.6 Å². The van der Waals surface area contributed by atoms with E-state index in [9.17, 15) is 9.32 Å². The van der Waals surface area contributed by atoms with Gasteiger partial charge in [-0.15, -0.1) is 0 Å². The van der Waals surface area contributed by atoms with E-state index >= 15 is 0 Å². The predicted molar refractivity (Wildman–Crippen MR) is 56.6 cm³/mol. The van der Waals surface area contributed by atoms with Gasteiger partial charge in [0.1, 0.15) is 5.75 Å². The van der Waals surface area contributed by atoms with E-state index in [4.69, 9.17) is 11.6 Å². The number of hydrogen-bond acceptors (Lipinski definition) is 3. The molecule has 1 aromatic carbocycles. The quantitative estimate of drug-likeness (QED) is 0.788. The van der Waals surface area contributed by atoms with Gasteiger partial charge in [-0.3, -0.25) is 8.91 Å². The second kappa shape index (κ2) is 4.63. The highest BCUT2D eigenvalue weighted by molar-refractivity contribution is 7.81. The molecule has 0 saturated heterocycles. The van der Waals surface area contributed by atoms with Gasteiger partial charge in [0.25, 0.3) is 11.3 Å². The van der Waals surface area contributed by atoms with Crippen LogP contribution in [0, 0.1) is 6.92 Å². The molecule has 0 radical (unpaired) electrons. The third-order valence-corrected chi connectivity index (χ3v) is 2.60. The van der Waals surface area contributed by atoms with Crippen LogP contribution >= 0.6 is 11.6 Å². The van der Waals surface area contributed by atoms with Gasteiger partial charge in [-0.2, -0.15) is 0 Å². The molecule has 0 saturated carbocycles. The van der Waals surface area contributed by atoms with Crippen LogP contribution in [-0.4, -0.2) is 16.4 Å². The molecule has 0 spiro atoms. The summed E-state index contributed by atoms with van der Waals surface area (Å²) in [7, 11) is 1.32. The number of aromatic hydroxyl groups is 1. The van der Waals surface area contributed by atoms with E-state index in [1.807, 2.05) is 0 Å². The normalized spacial score (nSPS) is 12.5. The van der Waals surface area contributed by atoms with Gasteiger partial charge in [0, 0.05) is 0 Å². The largest absolute Gasteiger partial charge is 0.506 e. The lowest BCUT2D eigenvalue weighted by Gasteiger charge is -2.07. The lowest BCUT2D eigenvalue weighted by atomic mass is 10.2. The molecule has 0 aliphatic rings. The molecule has 1 rings (SSSR count). The van der Waals surface area contributed by atoms with Crippen LogP contribution in [0.1, 0.15) is 5.56 Å². The molecule has 0 fully saturated rings. The van der Waals surface area contributed by atoms with Crippen LogP contribution in [0.4, 0.5) is 5.69 Å². The molecule has 1 aromatic rings. The molecule has 0 amide bonds. The number of phenolic OH excluding ortho intramolecular Hbond substituents is 1. The summed E-state index contributed by atoms with van der Waals surface area (Å²) in [5.74, 6) is 0.0282. The van der Waals surface area contributed by atoms with Gasteiger partial charge < -0.3 is 5.11 Å². The minimum Gasteiger partial charge on any atom is -0.506 e. The topological polar surface area (TPSA) is 58.6 Å². The molecular formula is C8H10ClNO3S. The van der Waals surface area contributed by atoms with Crippen LogP contribution in [0.15, 0.2) is 12.1 Å². The Morgan fingerprint density at radius 3 is 2.71 bits per heavy atom. The van der Waals surface area contributed by atoms with Gasteiger partial charge in [0.15, 0.2) is 0 Å². The number of rotatable bonds is 3. The smallest absolute Gasteiger partial charge is 0.261 e. The third-order valence-electron chi connectivity index (χ3n) is 1.61.